The first-order valence-electron chi connectivity index (χ1n) is 11.4. The molecule has 5 rings (SSSR count). The molecule has 1 saturated carbocycles. The van der Waals surface area contributed by atoms with Crippen LogP contribution in [0.4, 0.5) is 5.69 Å². The number of carboxylic acids is 1. The summed E-state index contributed by atoms with van der Waals surface area (Å²) in [4.78, 5) is 38.8. The summed E-state index contributed by atoms with van der Waals surface area (Å²) in [6, 6.07) is 15.3. The Labute approximate surface area is 216 Å². The first-order valence-corrected chi connectivity index (χ1v) is 12.6. The van der Waals surface area contributed by atoms with Gasteiger partial charge in [-0.2, -0.15) is 10.1 Å². The summed E-state index contributed by atoms with van der Waals surface area (Å²) in [7, 11) is 0. The van der Waals surface area contributed by atoms with E-state index in [1.165, 1.54) is 28.5 Å². The van der Waals surface area contributed by atoms with Crippen molar-refractivity contribution in [2.75, 3.05) is 11.6 Å². The number of nitrogens with zero attached hydrogens (tertiary/aromatic N) is 2. The monoisotopic (exact) mass is 519 g/mol. The molecule has 36 heavy (non-hydrogen) atoms. The number of benzene rings is 2. The summed E-state index contributed by atoms with van der Waals surface area (Å²) in [5.74, 6) is -1.00. The van der Waals surface area contributed by atoms with Gasteiger partial charge in [0.15, 0.2) is 0 Å². The molecule has 7 nitrogen and oxygen atoms in total. The highest BCUT2D eigenvalue weighted by Gasteiger charge is 2.29. The third kappa shape index (κ3) is 4.96. The van der Waals surface area contributed by atoms with Crippen molar-refractivity contribution < 1.29 is 19.5 Å². The Kier molecular flexibility index (Phi) is 6.47. The van der Waals surface area contributed by atoms with Crippen LogP contribution in [0.15, 0.2) is 65.3 Å². The van der Waals surface area contributed by atoms with E-state index >= 15 is 0 Å². The maximum atomic E-state index is 13.1. The fourth-order valence-electron chi connectivity index (χ4n) is 3.86. The van der Waals surface area contributed by atoms with E-state index in [-0.39, 0.29) is 17.4 Å². The Bertz CT molecular complexity index is 1450. The van der Waals surface area contributed by atoms with E-state index in [9.17, 15) is 19.5 Å². The number of thiophene rings is 1. The predicted molar refractivity (Wildman–Crippen MR) is 142 cm³/mol. The lowest BCUT2D eigenvalue weighted by Gasteiger charge is -2.12. The number of aromatic carboxylic acids is 1. The van der Waals surface area contributed by atoms with E-state index in [1.807, 2.05) is 18.2 Å². The number of hydrogen-bond acceptors (Lipinski definition) is 5. The zero-order valence-corrected chi connectivity index (χ0v) is 20.9. The number of nitrogens with one attached hydrogen (secondary N) is 1. The van der Waals surface area contributed by atoms with Gasteiger partial charge in [0.25, 0.3) is 11.8 Å². The van der Waals surface area contributed by atoms with Crippen LogP contribution < -0.4 is 10.3 Å². The summed E-state index contributed by atoms with van der Waals surface area (Å²) in [6.07, 6.45) is 4.08. The van der Waals surface area contributed by atoms with Gasteiger partial charge < -0.3 is 10.4 Å². The maximum absolute atomic E-state index is 13.1. The van der Waals surface area contributed by atoms with Crippen LogP contribution in [0, 0.1) is 5.92 Å². The number of halogens is 1. The lowest BCUT2D eigenvalue weighted by Crippen LogP contribution is -2.25. The molecule has 1 fully saturated rings. The second kappa shape index (κ2) is 9.72. The normalized spacial score (nSPS) is 16.4. The molecular weight excluding hydrogens is 498 g/mol. The number of carbonyl (C=O) groups is 3. The Balaban J connectivity index is 1.37. The molecule has 2 amide bonds. The van der Waals surface area contributed by atoms with Crippen LogP contribution in [0.1, 0.15) is 45.4 Å². The molecule has 2 N–H and O–H groups in total. The van der Waals surface area contributed by atoms with Crippen molar-refractivity contribution in [3.05, 3.63) is 81.2 Å². The van der Waals surface area contributed by atoms with Crippen LogP contribution in [0.25, 0.3) is 16.5 Å². The average Bonchev–Trinajstić information content (AvgIpc) is 3.52. The molecule has 9 heteroatoms. The number of carboxylic acid groups (broad SMARTS) is 1. The topological polar surface area (TPSA) is 99.1 Å². The number of carbonyl (C=O) groups excluding carboxylic acids is 2. The van der Waals surface area contributed by atoms with E-state index in [4.69, 9.17) is 11.6 Å². The fraction of sp³-hybridized carbons (Fsp3) is 0.185. The predicted octanol–water partition coefficient (Wildman–Crippen LogP) is 5.71. The summed E-state index contributed by atoms with van der Waals surface area (Å²) >= 11 is 7.78. The lowest BCUT2D eigenvalue weighted by molar-refractivity contribution is -0.114. The molecule has 0 atom stereocenters. The van der Waals surface area contributed by atoms with Crippen LogP contribution in [0.3, 0.4) is 0 Å². The average molecular weight is 520 g/mol. The highest BCUT2D eigenvalue weighted by molar-refractivity contribution is 7.16. The van der Waals surface area contributed by atoms with Crippen molar-refractivity contribution >= 4 is 58.2 Å². The van der Waals surface area contributed by atoms with E-state index in [0.29, 0.717) is 40.0 Å². The van der Waals surface area contributed by atoms with Crippen molar-refractivity contribution in [3.63, 3.8) is 0 Å². The van der Waals surface area contributed by atoms with Gasteiger partial charge in [-0.05, 0) is 79.8 Å². The van der Waals surface area contributed by atoms with Crippen molar-refractivity contribution in [1.29, 1.82) is 0 Å². The SMILES string of the molecule is CC1=NN(c2cccc(C(=O)O)c2)C(=O)C1=Cc1ccc(-c2ccc(Cl)c(C(=O)NCC3CC3)c2)s1. The Hall–Kier alpha value is -3.75. The molecule has 0 bridgehead atoms. The quantitative estimate of drug-likeness (QED) is 0.390. The lowest BCUT2D eigenvalue weighted by atomic mass is 10.1. The highest BCUT2D eigenvalue weighted by Crippen LogP contribution is 2.34. The number of amides is 2. The maximum Gasteiger partial charge on any atom is 0.335 e. The molecule has 1 aliphatic carbocycles. The van der Waals surface area contributed by atoms with E-state index < -0.39 is 5.97 Å². The van der Waals surface area contributed by atoms with E-state index in [2.05, 4.69) is 10.4 Å². The van der Waals surface area contributed by atoms with Crippen molar-refractivity contribution in [3.8, 4) is 10.4 Å². The zero-order valence-electron chi connectivity index (χ0n) is 19.3. The van der Waals surface area contributed by atoms with Crippen LogP contribution in [0.5, 0.6) is 0 Å². The minimum absolute atomic E-state index is 0.0806. The Morgan fingerprint density at radius 2 is 2.00 bits per heavy atom. The van der Waals surface area contributed by atoms with Gasteiger partial charge in [0.1, 0.15) is 0 Å². The molecule has 2 aliphatic rings. The van der Waals surface area contributed by atoms with Gasteiger partial charge in [-0.3, -0.25) is 9.59 Å². The molecule has 0 saturated heterocycles. The number of anilines is 1. The largest absolute Gasteiger partial charge is 0.478 e. The fourth-order valence-corrected chi connectivity index (χ4v) is 5.02. The van der Waals surface area contributed by atoms with Crippen LogP contribution in [0.2, 0.25) is 5.02 Å². The molecule has 0 unspecified atom stereocenters. The standard InChI is InChI=1S/C27H22ClN3O4S/c1-15-21(26(33)31(30-15)19-4-2-3-18(11-19)27(34)35)13-20-8-10-24(36-20)17-7-9-23(28)22(12-17)25(32)29-14-16-5-6-16/h2-4,7-13,16H,5-6,14H2,1H3,(H,29,32)(H,34,35). The summed E-state index contributed by atoms with van der Waals surface area (Å²) < 4.78 is 0. The zero-order chi connectivity index (χ0) is 25.4. The molecule has 2 heterocycles. The van der Waals surface area contributed by atoms with E-state index in [1.54, 1.807) is 37.3 Å². The van der Waals surface area contributed by atoms with Gasteiger partial charge in [0.05, 0.1) is 33.1 Å². The van der Waals surface area contributed by atoms with Gasteiger partial charge >= 0.3 is 5.97 Å². The van der Waals surface area contributed by atoms with Crippen LogP contribution >= 0.6 is 22.9 Å². The van der Waals surface area contributed by atoms with Crippen molar-refractivity contribution in [2.24, 2.45) is 11.0 Å². The summed E-state index contributed by atoms with van der Waals surface area (Å²) in [6.45, 7) is 2.41. The third-order valence-corrected chi connectivity index (χ3v) is 7.47. The minimum atomic E-state index is -1.07. The van der Waals surface area contributed by atoms with Gasteiger partial charge in [-0.1, -0.05) is 23.7 Å². The van der Waals surface area contributed by atoms with Crippen LogP contribution in [-0.2, 0) is 4.79 Å². The number of hydrogen-bond donors (Lipinski definition) is 2. The molecule has 1 aliphatic heterocycles. The minimum Gasteiger partial charge on any atom is -0.478 e. The molecule has 3 aromatic rings. The highest BCUT2D eigenvalue weighted by atomic mass is 35.5. The van der Waals surface area contributed by atoms with Gasteiger partial charge in [-0.25, -0.2) is 4.79 Å². The second-order valence-electron chi connectivity index (χ2n) is 8.77. The molecular formula is C27H22ClN3O4S. The first kappa shape index (κ1) is 24.0. The van der Waals surface area contributed by atoms with Gasteiger partial charge in [-0.15, -0.1) is 11.3 Å². The molecule has 0 spiro atoms. The molecule has 2 aromatic carbocycles. The Morgan fingerprint density at radius 3 is 2.75 bits per heavy atom. The molecule has 0 radical (unpaired) electrons. The third-order valence-electron chi connectivity index (χ3n) is 6.06. The molecule has 182 valence electrons. The summed E-state index contributed by atoms with van der Waals surface area (Å²) in [5, 5.41) is 18.2. The smallest absolute Gasteiger partial charge is 0.335 e. The second-order valence-corrected chi connectivity index (χ2v) is 10.3. The first-order chi connectivity index (χ1) is 17.3. The van der Waals surface area contributed by atoms with Crippen molar-refractivity contribution in [1.82, 2.24) is 5.32 Å². The number of hydrazone groups is 1. The van der Waals surface area contributed by atoms with Gasteiger partial charge in [0.2, 0.25) is 0 Å². The van der Waals surface area contributed by atoms with Gasteiger partial charge in [0, 0.05) is 16.3 Å². The van der Waals surface area contributed by atoms with Crippen molar-refractivity contribution in [2.45, 2.75) is 19.8 Å². The van der Waals surface area contributed by atoms with Crippen LogP contribution in [-0.4, -0.2) is 35.1 Å². The Morgan fingerprint density at radius 1 is 1.19 bits per heavy atom. The molecule has 1 aromatic heterocycles. The summed E-state index contributed by atoms with van der Waals surface area (Å²) in [5.41, 5.74) is 2.74. The van der Waals surface area contributed by atoms with E-state index in [0.717, 1.165) is 28.2 Å². The number of rotatable bonds is 7.